The summed E-state index contributed by atoms with van der Waals surface area (Å²) in [5.74, 6) is 0.577. The van der Waals surface area contributed by atoms with E-state index in [0.29, 0.717) is 19.0 Å². The van der Waals surface area contributed by atoms with Gasteiger partial charge >= 0.3 is 6.18 Å². The number of fused-ring (bicyclic) bond motifs is 1. The molecule has 1 fully saturated rings. The summed E-state index contributed by atoms with van der Waals surface area (Å²) >= 11 is 0. The molecule has 0 unspecified atom stereocenters. The van der Waals surface area contributed by atoms with Crippen molar-refractivity contribution in [2.24, 2.45) is 5.92 Å². The first-order chi connectivity index (χ1) is 13.3. The Morgan fingerprint density at radius 3 is 2.46 bits per heavy atom. The largest absolute Gasteiger partial charge is 0.433 e. The van der Waals surface area contributed by atoms with Gasteiger partial charge in [-0.2, -0.15) is 18.3 Å². The second-order valence-corrected chi connectivity index (χ2v) is 7.14. The fourth-order valence-electron chi connectivity index (χ4n) is 3.73. The van der Waals surface area contributed by atoms with Crippen LogP contribution in [0.5, 0.6) is 0 Å². The third-order valence-electron chi connectivity index (χ3n) is 5.32. The summed E-state index contributed by atoms with van der Waals surface area (Å²) in [5, 5.41) is 5.70. The topological polar surface area (TPSA) is 57.7 Å². The molecule has 28 heavy (non-hydrogen) atoms. The lowest BCUT2D eigenvalue weighted by Crippen LogP contribution is -2.34. The van der Waals surface area contributed by atoms with Gasteiger partial charge in [-0.15, -0.1) is 0 Å². The molecule has 0 atom stereocenters. The average molecular weight is 387 g/mol. The lowest BCUT2D eigenvalue weighted by Gasteiger charge is -2.34. The van der Waals surface area contributed by atoms with E-state index in [4.69, 9.17) is 0 Å². The van der Waals surface area contributed by atoms with Gasteiger partial charge in [-0.25, -0.2) is 9.97 Å². The smallest absolute Gasteiger partial charge is 0.356 e. The summed E-state index contributed by atoms with van der Waals surface area (Å²) in [7, 11) is 0. The molecule has 1 N–H and O–H groups in total. The number of hydrogen-bond acceptors (Lipinski definition) is 4. The molecule has 3 aromatic rings. The lowest BCUT2D eigenvalue weighted by atomic mass is 9.86. The van der Waals surface area contributed by atoms with Crippen LogP contribution >= 0.6 is 0 Å². The Balaban J connectivity index is 1.55. The molecule has 8 heteroatoms. The average Bonchev–Trinajstić information content (AvgIpc) is 3.13. The maximum absolute atomic E-state index is 13.3. The number of halogens is 3. The highest BCUT2D eigenvalue weighted by molar-refractivity contribution is 5.89. The number of nitrogens with one attached hydrogen (secondary N) is 1. The van der Waals surface area contributed by atoms with Crippen LogP contribution in [0.4, 0.5) is 19.0 Å². The molecule has 3 heterocycles. The molecule has 0 spiro atoms. The minimum absolute atomic E-state index is 0.0310. The van der Waals surface area contributed by atoms with Crippen molar-refractivity contribution in [3.8, 4) is 0 Å². The minimum atomic E-state index is -4.54. The summed E-state index contributed by atoms with van der Waals surface area (Å²) in [6, 6.07) is 8.26. The number of benzene rings is 1. The van der Waals surface area contributed by atoms with Gasteiger partial charge in [0.2, 0.25) is 0 Å². The van der Waals surface area contributed by atoms with Gasteiger partial charge < -0.3 is 4.90 Å². The molecule has 146 valence electrons. The standard InChI is InChI=1S/C20H20F3N5/c1-12-3-5-14(6-4-12)13(2)15-7-9-28(10-8-15)19-16-17(20(21,22)23)26-27-18(16)24-11-25-19/h3-6,11,15H,2,7-10H2,1H3,(H,24,25,26,27). The zero-order valence-electron chi connectivity index (χ0n) is 15.4. The quantitative estimate of drug-likeness (QED) is 0.713. The van der Waals surface area contributed by atoms with Gasteiger partial charge in [0.25, 0.3) is 0 Å². The van der Waals surface area contributed by atoms with Crippen molar-refractivity contribution >= 4 is 22.4 Å². The monoisotopic (exact) mass is 387 g/mol. The highest BCUT2D eigenvalue weighted by Crippen LogP contribution is 2.38. The lowest BCUT2D eigenvalue weighted by molar-refractivity contribution is -0.139. The van der Waals surface area contributed by atoms with Crippen LogP contribution < -0.4 is 4.90 Å². The third-order valence-corrected chi connectivity index (χ3v) is 5.32. The van der Waals surface area contributed by atoms with Gasteiger partial charge in [0, 0.05) is 13.1 Å². The number of piperidine rings is 1. The number of nitrogens with zero attached hydrogens (tertiary/aromatic N) is 4. The summed E-state index contributed by atoms with van der Waals surface area (Å²) in [4.78, 5) is 9.90. The molecule has 0 aliphatic carbocycles. The highest BCUT2D eigenvalue weighted by atomic mass is 19.4. The SMILES string of the molecule is C=C(c1ccc(C)cc1)C1CCN(c2ncnc3n[nH]c(C(F)(F)F)c23)CC1. The Morgan fingerprint density at radius 1 is 1.14 bits per heavy atom. The molecular weight excluding hydrogens is 367 g/mol. The van der Waals surface area contributed by atoms with Crippen LogP contribution in [0.25, 0.3) is 16.6 Å². The highest BCUT2D eigenvalue weighted by Gasteiger charge is 2.38. The van der Waals surface area contributed by atoms with Crippen molar-refractivity contribution < 1.29 is 13.2 Å². The molecule has 1 saturated heterocycles. The maximum Gasteiger partial charge on any atom is 0.433 e. The Morgan fingerprint density at radius 2 is 1.82 bits per heavy atom. The number of aromatic amines is 1. The number of anilines is 1. The van der Waals surface area contributed by atoms with Crippen LogP contribution in [0.3, 0.4) is 0 Å². The second kappa shape index (κ2) is 6.92. The van der Waals surface area contributed by atoms with Gasteiger partial charge in [0.05, 0.1) is 5.39 Å². The van der Waals surface area contributed by atoms with Gasteiger partial charge in [-0.05, 0) is 36.8 Å². The molecule has 0 amide bonds. The summed E-state index contributed by atoms with van der Waals surface area (Å²) < 4.78 is 40.0. The van der Waals surface area contributed by atoms with Crippen LogP contribution in [0.2, 0.25) is 0 Å². The first-order valence-corrected chi connectivity index (χ1v) is 9.11. The summed E-state index contributed by atoms with van der Waals surface area (Å²) in [5.41, 5.74) is 2.52. The molecule has 0 radical (unpaired) electrons. The number of aromatic nitrogens is 4. The van der Waals surface area contributed by atoms with E-state index in [0.717, 1.165) is 24.0 Å². The molecule has 4 rings (SSSR count). The van der Waals surface area contributed by atoms with E-state index in [2.05, 4.69) is 51.0 Å². The van der Waals surface area contributed by atoms with Gasteiger partial charge in [-0.1, -0.05) is 36.4 Å². The number of allylic oxidation sites excluding steroid dienone is 1. The summed E-state index contributed by atoms with van der Waals surface area (Å²) in [6.45, 7) is 7.50. The van der Waals surface area contributed by atoms with Crippen LogP contribution in [0, 0.1) is 12.8 Å². The molecule has 1 aliphatic heterocycles. The van der Waals surface area contributed by atoms with E-state index in [9.17, 15) is 13.2 Å². The molecule has 2 aromatic heterocycles. The maximum atomic E-state index is 13.3. The normalized spacial score (nSPS) is 15.9. The summed E-state index contributed by atoms with van der Waals surface area (Å²) in [6.07, 6.45) is -1.67. The fraction of sp³-hybridized carbons (Fsp3) is 0.350. The molecular formula is C20H20F3N5. The van der Waals surface area contributed by atoms with E-state index in [1.54, 1.807) is 0 Å². The van der Waals surface area contributed by atoms with E-state index in [1.807, 2.05) is 11.8 Å². The van der Waals surface area contributed by atoms with Crippen molar-refractivity contribution in [2.45, 2.75) is 25.9 Å². The second-order valence-electron chi connectivity index (χ2n) is 7.14. The van der Waals surface area contributed by atoms with Crippen LogP contribution in [-0.4, -0.2) is 33.3 Å². The number of H-pyrrole nitrogens is 1. The number of aryl methyl sites for hydroxylation is 1. The molecule has 0 saturated carbocycles. The minimum Gasteiger partial charge on any atom is -0.356 e. The Kier molecular flexibility index (Phi) is 4.56. The molecule has 0 bridgehead atoms. The van der Waals surface area contributed by atoms with Crippen LogP contribution in [-0.2, 0) is 6.18 Å². The van der Waals surface area contributed by atoms with Crippen molar-refractivity contribution in [1.82, 2.24) is 20.2 Å². The van der Waals surface area contributed by atoms with E-state index in [1.165, 1.54) is 11.9 Å². The zero-order chi connectivity index (χ0) is 19.9. The predicted octanol–water partition coefficient (Wildman–Crippen LogP) is 4.61. The van der Waals surface area contributed by atoms with E-state index < -0.39 is 11.9 Å². The Hall–Kier alpha value is -2.90. The van der Waals surface area contributed by atoms with Gasteiger partial charge in [0.15, 0.2) is 11.3 Å². The van der Waals surface area contributed by atoms with Crippen molar-refractivity contribution in [2.75, 3.05) is 18.0 Å². The first kappa shape index (κ1) is 18.5. The fourth-order valence-corrected chi connectivity index (χ4v) is 3.73. The van der Waals surface area contributed by atoms with Gasteiger partial charge in [-0.3, -0.25) is 5.10 Å². The van der Waals surface area contributed by atoms with Crippen LogP contribution in [0.1, 0.15) is 29.7 Å². The Labute approximate surface area is 160 Å². The first-order valence-electron chi connectivity index (χ1n) is 9.11. The van der Waals surface area contributed by atoms with E-state index in [-0.39, 0.29) is 16.9 Å². The predicted molar refractivity (Wildman–Crippen MR) is 102 cm³/mol. The zero-order valence-corrected chi connectivity index (χ0v) is 15.4. The Bertz CT molecular complexity index is 999. The van der Waals surface area contributed by atoms with Crippen molar-refractivity contribution in [1.29, 1.82) is 0 Å². The molecule has 1 aromatic carbocycles. The van der Waals surface area contributed by atoms with Gasteiger partial charge in [0.1, 0.15) is 12.1 Å². The van der Waals surface area contributed by atoms with Crippen molar-refractivity contribution in [3.63, 3.8) is 0 Å². The molecule has 1 aliphatic rings. The number of alkyl halides is 3. The number of rotatable bonds is 3. The molecule has 5 nitrogen and oxygen atoms in total. The number of hydrogen-bond donors (Lipinski definition) is 1. The van der Waals surface area contributed by atoms with E-state index >= 15 is 0 Å². The van der Waals surface area contributed by atoms with Crippen LogP contribution in [0.15, 0.2) is 37.2 Å². The van der Waals surface area contributed by atoms with Crippen molar-refractivity contribution in [3.05, 3.63) is 54.0 Å². The third kappa shape index (κ3) is 3.34.